The van der Waals surface area contributed by atoms with E-state index in [0.29, 0.717) is 5.75 Å². The van der Waals surface area contributed by atoms with Crippen molar-refractivity contribution in [3.8, 4) is 23.3 Å². The quantitative estimate of drug-likeness (QED) is 0.808. The first-order chi connectivity index (χ1) is 10.3. The Bertz CT molecular complexity index is 744. The van der Waals surface area contributed by atoms with Gasteiger partial charge in [0.1, 0.15) is 5.75 Å². The first-order valence-electron chi connectivity index (χ1n) is 6.46. The molecular formula is C17H13NO3. The van der Waals surface area contributed by atoms with Crippen molar-refractivity contribution < 1.29 is 14.2 Å². The van der Waals surface area contributed by atoms with Crippen LogP contribution >= 0.6 is 0 Å². The molecule has 1 heterocycles. The van der Waals surface area contributed by atoms with Crippen molar-refractivity contribution in [2.24, 2.45) is 0 Å². The number of nitrogens with zero attached hydrogens (tertiary/aromatic N) is 1. The van der Waals surface area contributed by atoms with Crippen LogP contribution in [0.2, 0.25) is 0 Å². The molecule has 3 rings (SSSR count). The molecule has 0 aliphatic carbocycles. The fourth-order valence-electron chi connectivity index (χ4n) is 2.25. The van der Waals surface area contributed by atoms with Gasteiger partial charge in [0.15, 0.2) is 11.5 Å². The van der Waals surface area contributed by atoms with Gasteiger partial charge in [-0.15, -0.1) is 0 Å². The van der Waals surface area contributed by atoms with Gasteiger partial charge in [0.25, 0.3) is 0 Å². The third-order valence-electron chi connectivity index (χ3n) is 3.27. The Morgan fingerprint density at radius 1 is 1.14 bits per heavy atom. The van der Waals surface area contributed by atoms with E-state index in [-0.39, 0.29) is 6.79 Å². The van der Waals surface area contributed by atoms with Crippen LogP contribution in [0.25, 0.3) is 5.57 Å². The molecule has 4 nitrogen and oxygen atoms in total. The SMILES string of the molecule is COc1cccc(C(=CC#N)c2ccc3c(c2)OCO3)c1. The van der Waals surface area contributed by atoms with Crippen molar-refractivity contribution in [2.45, 2.75) is 0 Å². The predicted molar refractivity (Wildman–Crippen MR) is 78.3 cm³/mol. The van der Waals surface area contributed by atoms with Gasteiger partial charge in [-0.2, -0.15) is 5.26 Å². The Hall–Kier alpha value is -2.93. The minimum Gasteiger partial charge on any atom is -0.497 e. The number of rotatable bonds is 3. The number of nitriles is 1. The molecule has 0 unspecified atom stereocenters. The highest BCUT2D eigenvalue weighted by molar-refractivity contribution is 5.82. The topological polar surface area (TPSA) is 51.5 Å². The van der Waals surface area contributed by atoms with Gasteiger partial charge in [0.2, 0.25) is 6.79 Å². The molecule has 0 spiro atoms. The molecule has 0 atom stereocenters. The van der Waals surface area contributed by atoms with E-state index in [1.165, 1.54) is 6.08 Å². The number of methoxy groups -OCH3 is 1. The summed E-state index contributed by atoms with van der Waals surface area (Å²) >= 11 is 0. The normalized spacial score (nSPS) is 12.9. The third kappa shape index (κ3) is 2.54. The maximum atomic E-state index is 9.07. The highest BCUT2D eigenvalue weighted by Crippen LogP contribution is 2.36. The molecule has 4 heteroatoms. The summed E-state index contributed by atoms with van der Waals surface area (Å²) < 4.78 is 15.9. The van der Waals surface area contributed by atoms with Gasteiger partial charge < -0.3 is 14.2 Å². The average molecular weight is 279 g/mol. The fraction of sp³-hybridized carbons (Fsp3) is 0.118. The van der Waals surface area contributed by atoms with Crippen molar-refractivity contribution in [2.75, 3.05) is 13.9 Å². The zero-order valence-electron chi connectivity index (χ0n) is 11.5. The van der Waals surface area contributed by atoms with Crippen LogP contribution in [0.15, 0.2) is 48.5 Å². The Labute approximate surface area is 122 Å². The molecule has 2 aromatic rings. The summed E-state index contributed by atoms with van der Waals surface area (Å²) in [4.78, 5) is 0. The van der Waals surface area contributed by atoms with Crippen LogP contribution in [0.1, 0.15) is 11.1 Å². The summed E-state index contributed by atoms with van der Waals surface area (Å²) in [6, 6.07) is 15.3. The Morgan fingerprint density at radius 3 is 2.76 bits per heavy atom. The summed E-state index contributed by atoms with van der Waals surface area (Å²) in [7, 11) is 1.62. The highest BCUT2D eigenvalue weighted by atomic mass is 16.7. The lowest BCUT2D eigenvalue weighted by Gasteiger charge is -2.09. The zero-order chi connectivity index (χ0) is 14.7. The maximum absolute atomic E-state index is 9.07. The largest absolute Gasteiger partial charge is 0.497 e. The van der Waals surface area contributed by atoms with Gasteiger partial charge in [0.05, 0.1) is 13.2 Å². The molecule has 104 valence electrons. The fourth-order valence-corrected chi connectivity index (χ4v) is 2.25. The molecule has 0 fully saturated rings. The zero-order valence-corrected chi connectivity index (χ0v) is 11.5. The molecule has 2 aromatic carbocycles. The van der Waals surface area contributed by atoms with E-state index in [1.54, 1.807) is 7.11 Å². The van der Waals surface area contributed by atoms with E-state index in [4.69, 9.17) is 19.5 Å². The molecule has 0 saturated heterocycles. The van der Waals surface area contributed by atoms with Crippen LogP contribution < -0.4 is 14.2 Å². The van der Waals surface area contributed by atoms with Crippen molar-refractivity contribution in [3.05, 3.63) is 59.7 Å². The van der Waals surface area contributed by atoms with Crippen LogP contribution in [0.3, 0.4) is 0 Å². The summed E-state index contributed by atoms with van der Waals surface area (Å²) in [6.07, 6.45) is 1.52. The van der Waals surface area contributed by atoms with Crippen LogP contribution in [0, 0.1) is 11.3 Å². The number of fused-ring (bicyclic) bond motifs is 1. The van der Waals surface area contributed by atoms with Crippen molar-refractivity contribution in [1.82, 2.24) is 0 Å². The molecular weight excluding hydrogens is 266 g/mol. The van der Waals surface area contributed by atoms with E-state index in [0.717, 1.165) is 28.2 Å². The van der Waals surface area contributed by atoms with E-state index in [1.807, 2.05) is 42.5 Å². The second kappa shape index (κ2) is 5.59. The van der Waals surface area contributed by atoms with Gasteiger partial charge in [0, 0.05) is 6.08 Å². The van der Waals surface area contributed by atoms with Gasteiger partial charge in [-0.05, 0) is 41.0 Å². The molecule has 0 saturated carbocycles. The van der Waals surface area contributed by atoms with E-state index < -0.39 is 0 Å². The van der Waals surface area contributed by atoms with Crippen molar-refractivity contribution in [3.63, 3.8) is 0 Å². The molecule has 1 aliphatic rings. The molecule has 1 aliphatic heterocycles. The van der Waals surface area contributed by atoms with E-state index >= 15 is 0 Å². The lowest BCUT2D eigenvalue weighted by Crippen LogP contribution is -1.93. The van der Waals surface area contributed by atoms with Crippen molar-refractivity contribution >= 4 is 5.57 Å². The summed E-state index contributed by atoms with van der Waals surface area (Å²) in [6.45, 7) is 0.231. The number of hydrogen-bond acceptors (Lipinski definition) is 4. The Kier molecular flexibility index (Phi) is 3.48. The predicted octanol–water partition coefficient (Wildman–Crippen LogP) is 3.38. The number of hydrogen-bond donors (Lipinski definition) is 0. The van der Waals surface area contributed by atoms with Crippen LogP contribution in [-0.4, -0.2) is 13.9 Å². The molecule has 0 amide bonds. The lowest BCUT2D eigenvalue weighted by atomic mass is 9.97. The van der Waals surface area contributed by atoms with Crippen molar-refractivity contribution in [1.29, 1.82) is 5.26 Å². The van der Waals surface area contributed by atoms with Gasteiger partial charge in [-0.3, -0.25) is 0 Å². The first-order valence-corrected chi connectivity index (χ1v) is 6.46. The lowest BCUT2D eigenvalue weighted by molar-refractivity contribution is 0.174. The van der Waals surface area contributed by atoms with Crippen LogP contribution in [0.4, 0.5) is 0 Å². The minimum absolute atomic E-state index is 0.231. The number of benzene rings is 2. The minimum atomic E-state index is 0.231. The average Bonchev–Trinajstić information content (AvgIpc) is 3.00. The maximum Gasteiger partial charge on any atom is 0.231 e. The smallest absolute Gasteiger partial charge is 0.231 e. The summed E-state index contributed by atoms with van der Waals surface area (Å²) in [5.41, 5.74) is 2.62. The monoisotopic (exact) mass is 279 g/mol. The molecule has 0 N–H and O–H groups in total. The summed E-state index contributed by atoms with van der Waals surface area (Å²) in [5.74, 6) is 2.16. The van der Waals surface area contributed by atoms with E-state index in [9.17, 15) is 0 Å². The number of ether oxygens (including phenoxy) is 3. The third-order valence-corrected chi connectivity index (χ3v) is 3.27. The van der Waals surface area contributed by atoms with Gasteiger partial charge in [-0.1, -0.05) is 18.2 Å². The van der Waals surface area contributed by atoms with Crippen LogP contribution in [-0.2, 0) is 0 Å². The second-order valence-corrected chi connectivity index (χ2v) is 4.49. The molecule has 0 radical (unpaired) electrons. The standard InChI is InChI=1S/C17H13NO3/c1-19-14-4-2-3-12(9-14)15(7-8-18)13-5-6-16-17(10-13)21-11-20-16/h2-7,9-10H,11H2,1H3. The van der Waals surface area contributed by atoms with Gasteiger partial charge in [-0.25, -0.2) is 0 Å². The molecule has 0 aromatic heterocycles. The first kappa shape index (κ1) is 13.1. The molecule has 0 bridgehead atoms. The highest BCUT2D eigenvalue weighted by Gasteiger charge is 2.15. The second-order valence-electron chi connectivity index (χ2n) is 4.49. The Morgan fingerprint density at radius 2 is 1.95 bits per heavy atom. The number of allylic oxidation sites excluding steroid dienone is 1. The van der Waals surface area contributed by atoms with E-state index in [2.05, 4.69) is 6.07 Å². The van der Waals surface area contributed by atoms with Crippen LogP contribution in [0.5, 0.6) is 17.2 Å². The van der Waals surface area contributed by atoms with Gasteiger partial charge >= 0.3 is 0 Å². The summed E-state index contributed by atoms with van der Waals surface area (Å²) in [5, 5.41) is 9.07. The molecule has 21 heavy (non-hydrogen) atoms. The Balaban J connectivity index is 2.06.